The van der Waals surface area contributed by atoms with Crippen LogP contribution in [0, 0.1) is 11.8 Å². The first-order valence-electron chi connectivity index (χ1n) is 7.63. The van der Waals surface area contributed by atoms with Gasteiger partial charge in [-0.1, -0.05) is 20.3 Å². The van der Waals surface area contributed by atoms with Crippen LogP contribution in [0.4, 0.5) is 0 Å². The molecule has 2 fully saturated rings. The van der Waals surface area contributed by atoms with Gasteiger partial charge in [-0.25, -0.2) is 0 Å². The molecule has 4 nitrogen and oxygen atoms in total. The average Bonchev–Trinajstić information content (AvgIpc) is 2.68. The number of hydrogen-bond donors (Lipinski definition) is 1. The molecule has 3 atom stereocenters. The Morgan fingerprint density at radius 1 is 1.42 bits per heavy atom. The van der Waals surface area contributed by atoms with Crippen LogP contribution < -0.4 is 0 Å². The highest BCUT2D eigenvalue weighted by molar-refractivity contribution is 5.74. The van der Waals surface area contributed by atoms with Gasteiger partial charge in [0.1, 0.15) is 0 Å². The molecule has 0 bridgehead atoms. The van der Waals surface area contributed by atoms with Gasteiger partial charge in [-0.15, -0.1) is 0 Å². The van der Waals surface area contributed by atoms with E-state index in [1.807, 2.05) is 20.8 Å². The van der Waals surface area contributed by atoms with Crippen LogP contribution in [0.3, 0.4) is 0 Å². The van der Waals surface area contributed by atoms with E-state index < -0.39 is 11.5 Å². The maximum atomic E-state index is 12.3. The van der Waals surface area contributed by atoms with Crippen molar-refractivity contribution in [2.45, 2.75) is 58.1 Å². The molecular formula is C15H27NO3. The van der Waals surface area contributed by atoms with Gasteiger partial charge in [-0.2, -0.15) is 0 Å². The molecule has 110 valence electrons. The molecule has 4 heteroatoms. The van der Waals surface area contributed by atoms with Gasteiger partial charge in [0, 0.05) is 12.6 Å². The van der Waals surface area contributed by atoms with Gasteiger partial charge in [0.25, 0.3) is 0 Å². The number of fused-ring (bicyclic) bond motifs is 1. The van der Waals surface area contributed by atoms with Gasteiger partial charge in [0.2, 0.25) is 0 Å². The number of hydrogen-bond acceptors (Lipinski definition) is 4. The van der Waals surface area contributed by atoms with E-state index in [2.05, 4.69) is 4.90 Å². The molecule has 0 radical (unpaired) electrons. The van der Waals surface area contributed by atoms with Crippen molar-refractivity contribution in [2.75, 3.05) is 19.7 Å². The van der Waals surface area contributed by atoms with Crippen molar-refractivity contribution in [2.24, 2.45) is 11.8 Å². The monoisotopic (exact) mass is 269 g/mol. The third kappa shape index (κ3) is 2.65. The van der Waals surface area contributed by atoms with Crippen LogP contribution in [0.15, 0.2) is 0 Å². The van der Waals surface area contributed by atoms with Crippen LogP contribution in [-0.2, 0) is 9.53 Å². The molecule has 2 aliphatic heterocycles. The van der Waals surface area contributed by atoms with Gasteiger partial charge in [-0.3, -0.25) is 9.69 Å². The summed E-state index contributed by atoms with van der Waals surface area (Å²) in [5, 5.41) is 11.2. The maximum Gasteiger partial charge on any atom is 0.312 e. The number of aliphatic hydroxyl groups is 1. The first kappa shape index (κ1) is 14.8. The Bertz CT molecular complexity index is 331. The van der Waals surface area contributed by atoms with Crippen molar-refractivity contribution in [3.8, 4) is 0 Å². The van der Waals surface area contributed by atoms with Gasteiger partial charge >= 0.3 is 5.97 Å². The minimum atomic E-state index is -0.902. The SMILES string of the molecule is CCOC(=O)C(C(C)C)C1(O)CCN2CCCCC21. The molecule has 0 aromatic rings. The molecule has 3 unspecified atom stereocenters. The first-order chi connectivity index (χ1) is 9.00. The van der Waals surface area contributed by atoms with Crippen molar-refractivity contribution in [3.63, 3.8) is 0 Å². The van der Waals surface area contributed by atoms with Crippen LogP contribution in [0.1, 0.15) is 46.5 Å². The van der Waals surface area contributed by atoms with E-state index in [4.69, 9.17) is 4.74 Å². The fraction of sp³-hybridized carbons (Fsp3) is 0.933. The average molecular weight is 269 g/mol. The Morgan fingerprint density at radius 2 is 2.16 bits per heavy atom. The third-order valence-electron chi connectivity index (χ3n) is 4.74. The number of carbonyl (C=O) groups is 1. The van der Waals surface area contributed by atoms with E-state index in [0.29, 0.717) is 13.0 Å². The maximum absolute atomic E-state index is 12.3. The minimum absolute atomic E-state index is 0.103. The van der Waals surface area contributed by atoms with Crippen LogP contribution in [-0.4, -0.2) is 47.3 Å². The zero-order valence-electron chi connectivity index (χ0n) is 12.4. The standard InChI is InChI=1S/C15H27NO3/c1-4-19-14(17)13(11(2)3)15(18)8-10-16-9-6-5-7-12(15)16/h11-13,18H,4-10H2,1-3H3. The van der Waals surface area contributed by atoms with Crippen LogP contribution in [0.2, 0.25) is 0 Å². The normalized spacial score (nSPS) is 33.2. The second kappa shape index (κ2) is 5.80. The van der Waals surface area contributed by atoms with Crippen LogP contribution in [0.5, 0.6) is 0 Å². The number of piperidine rings is 1. The lowest BCUT2D eigenvalue weighted by atomic mass is 9.73. The van der Waals surface area contributed by atoms with E-state index in [0.717, 1.165) is 25.9 Å². The number of carbonyl (C=O) groups excluding carboxylic acids is 1. The van der Waals surface area contributed by atoms with Gasteiger partial charge in [0.15, 0.2) is 0 Å². The minimum Gasteiger partial charge on any atom is -0.466 e. The Morgan fingerprint density at radius 3 is 2.79 bits per heavy atom. The predicted octanol–water partition coefficient (Wildman–Crippen LogP) is 1.81. The first-order valence-corrected chi connectivity index (χ1v) is 7.63. The summed E-state index contributed by atoms with van der Waals surface area (Å²) in [7, 11) is 0. The summed E-state index contributed by atoms with van der Waals surface area (Å²) in [6, 6.07) is 0.137. The summed E-state index contributed by atoms with van der Waals surface area (Å²) in [6.07, 6.45) is 4.05. The van der Waals surface area contributed by atoms with Crippen molar-refractivity contribution in [1.82, 2.24) is 4.90 Å². The van der Waals surface area contributed by atoms with Gasteiger partial charge < -0.3 is 9.84 Å². The fourth-order valence-electron chi connectivity index (χ4n) is 3.96. The Hall–Kier alpha value is -0.610. The molecular weight excluding hydrogens is 242 g/mol. The molecule has 2 heterocycles. The lowest BCUT2D eigenvalue weighted by Crippen LogP contribution is -2.55. The molecule has 2 rings (SSSR count). The number of ether oxygens (including phenoxy) is 1. The number of nitrogens with zero attached hydrogens (tertiary/aromatic N) is 1. The molecule has 0 spiro atoms. The summed E-state index contributed by atoms with van der Waals surface area (Å²) >= 11 is 0. The smallest absolute Gasteiger partial charge is 0.312 e. The molecule has 0 aromatic heterocycles. The molecule has 2 aliphatic rings. The molecule has 1 N–H and O–H groups in total. The predicted molar refractivity (Wildman–Crippen MR) is 73.7 cm³/mol. The molecule has 2 saturated heterocycles. The second-order valence-corrected chi connectivity index (χ2v) is 6.26. The largest absolute Gasteiger partial charge is 0.466 e. The molecule has 0 amide bonds. The quantitative estimate of drug-likeness (QED) is 0.791. The zero-order valence-corrected chi connectivity index (χ0v) is 12.4. The molecule has 19 heavy (non-hydrogen) atoms. The van der Waals surface area contributed by atoms with E-state index in [1.54, 1.807) is 0 Å². The molecule has 0 saturated carbocycles. The van der Waals surface area contributed by atoms with E-state index >= 15 is 0 Å². The highest BCUT2D eigenvalue weighted by atomic mass is 16.5. The van der Waals surface area contributed by atoms with Crippen molar-refractivity contribution in [3.05, 3.63) is 0 Å². The number of esters is 1. The molecule has 0 aromatic carbocycles. The Kier molecular flexibility index (Phi) is 4.51. The Labute approximate surface area is 116 Å². The van der Waals surface area contributed by atoms with Gasteiger partial charge in [-0.05, 0) is 38.6 Å². The fourth-order valence-corrected chi connectivity index (χ4v) is 3.96. The number of rotatable bonds is 4. The summed E-state index contributed by atoms with van der Waals surface area (Å²) in [5.41, 5.74) is -0.902. The van der Waals surface area contributed by atoms with Crippen molar-refractivity contribution < 1.29 is 14.6 Å². The highest BCUT2D eigenvalue weighted by Gasteiger charge is 2.55. The lowest BCUT2D eigenvalue weighted by molar-refractivity contribution is -0.165. The summed E-state index contributed by atoms with van der Waals surface area (Å²) in [5.74, 6) is -0.529. The Balaban J connectivity index is 2.22. The second-order valence-electron chi connectivity index (χ2n) is 6.26. The van der Waals surface area contributed by atoms with E-state index in [-0.39, 0.29) is 17.9 Å². The molecule has 0 aliphatic carbocycles. The highest BCUT2D eigenvalue weighted by Crippen LogP contribution is 2.42. The lowest BCUT2D eigenvalue weighted by Gasteiger charge is -2.42. The van der Waals surface area contributed by atoms with Crippen molar-refractivity contribution >= 4 is 5.97 Å². The summed E-state index contributed by atoms with van der Waals surface area (Å²) in [6.45, 7) is 8.17. The van der Waals surface area contributed by atoms with E-state index in [1.165, 1.54) is 6.42 Å². The zero-order chi connectivity index (χ0) is 14.0. The summed E-state index contributed by atoms with van der Waals surface area (Å²) in [4.78, 5) is 14.6. The van der Waals surface area contributed by atoms with Crippen molar-refractivity contribution in [1.29, 1.82) is 0 Å². The van der Waals surface area contributed by atoms with E-state index in [9.17, 15) is 9.90 Å². The summed E-state index contributed by atoms with van der Waals surface area (Å²) < 4.78 is 5.21. The third-order valence-corrected chi connectivity index (χ3v) is 4.74. The topological polar surface area (TPSA) is 49.8 Å². The van der Waals surface area contributed by atoms with Crippen LogP contribution >= 0.6 is 0 Å². The van der Waals surface area contributed by atoms with Crippen LogP contribution in [0.25, 0.3) is 0 Å². The van der Waals surface area contributed by atoms with Gasteiger partial charge in [0.05, 0.1) is 18.1 Å².